The Morgan fingerprint density at radius 2 is 0.912 bits per heavy atom. The Morgan fingerprint density at radius 1 is 0.579 bits per heavy atom. The average Bonchev–Trinajstić information content (AvgIpc) is 3.18. The summed E-state index contributed by atoms with van der Waals surface area (Å²) in [6.07, 6.45) is -2.96. The molecule has 2 atom stereocenters. The van der Waals surface area contributed by atoms with Crippen molar-refractivity contribution >= 4 is 36.1 Å². The third kappa shape index (κ3) is 21.9. The van der Waals surface area contributed by atoms with Crippen LogP contribution in [-0.2, 0) is 58.7 Å². The van der Waals surface area contributed by atoms with Crippen LogP contribution in [0.3, 0.4) is 0 Å². The molecule has 14 heteroatoms. The van der Waals surface area contributed by atoms with Gasteiger partial charge in [-0.15, -0.1) is 0 Å². The molecule has 0 aliphatic rings. The lowest BCUT2D eigenvalue weighted by atomic mass is 9.87. The second-order valence-corrected chi connectivity index (χ2v) is 13.3. The Labute approximate surface area is 334 Å². The lowest BCUT2D eigenvalue weighted by Crippen LogP contribution is -2.45. The van der Waals surface area contributed by atoms with E-state index in [0.29, 0.717) is 11.1 Å². The second-order valence-electron chi connectivity index (χ2n) is 13.3. The van der Waals surface area contributed by atoms with E-state index < -0.39 is 59.3 Å². The number of amides is 2. The maximum absolute atomic E-state index is 12.8. The molecule has 0 heterocycles. The number of alkyl carbamates (subject to hydrolysis) is 2. The number of hydrogen-bond donors (Lipinski definition) is 2. The van der Waals surface area contributed by atoms with Gasteiger partial charge >= 0.3 is 36.1 Å². The highest BCUT2D eigenvalue weighted by molar-refractivity contribution is 5.87. The molecule has 0 aliphatic heterocycles. The van der Waals surface area contributed by atoms with Crippen molar-refractivity contribution in [1.82, 2.24) is 10.6 Å². The molecule has 0 aliphatic carbocycles. The van der Waals surface area contributed by atoms with Crippen molar-refractivity contribution < 1.29 is 57.2 Å². The molecule has 2 unspecified atom stereocenters. The summed E-state index contributed by atoms with van der Waals surface area (Å²) in [5.41, 5.74) is -0.596. The predicted molar refractivity (Wildman–Crippen MR) is 212 cm³/mol. The second kappa shape index (κ2) is 25.6. The zero-order valence-electron chi connectivity index (χ0n) is 33.6. The summed E-state index contributed by atoms with van der Waals surface area (Å²) in [5.74, 6) is -2.65. The number of carbonyl (C=O) groups excluding carboxylic acids is 6. The van der Waals surface area contributed by atoms with E-state index in [9.17, 15) is 28.8 Å². The van der Waals surface area contributed by atoms with Crippen molar-refractivity contribution in [1.29, 1.82) is 0 Å². The topological polar surface area (TPSA) is 182 Å². The fraction of sp³-hybridized carbons (Fsp3) is 0.349. The van der Waals surface area contributed by atoms with Gasteiger partial charge in [-0.2, -0.15) is 0 Å². The first-order valence-corrected chi connectivity index (χ1v) is 17.8. The van der Waals surface area contributed by atoms with Gasteiger partial charge < -0.3 is 39.1 Å². The summed E-state index contributed by atoms with van der Waals surface area (Å²) in [6, 6.07) is 31.0. The summed E-state index contributed by atoms with van der Waals surface area (Å²) in [4.78, 5) is 71.3. The molecule has 0 aromatic heterocycles. The van der Waals surface area contributed by atoms with Crippen LogP contribution in [0, 0.1) is 0 Å². The highest BCUT2D eigenvalue weighted by atomic mass is 16.6. The molecule has 308 valence electrons. The maximum Gasteiger partial charge on any atom is 0.408 e. The van der Waals surface area contributed by atoms with E-state index in [1.807, 2.05) is 72.8 Å². The van der Waals surface area contributed by atoms with Crippen LogP contribution < -0.4 is 10.6 Å². The third-order valence-corrected chi connectivity index (χ3v) is 7.29. The van der Waals surface area contributed by atoms with Gasteiger partial charge in [-0.25, -0.2) is 19.2 Å². The van der Waals surface area contributed by atoms with Crippen LogP contribution in [0.4, 0.5) is 9.59 Å². The van der Waals surface area contributed by atoms with Gasteiger partial charge in [0.1, 0.15) is 26.4 Å². The van der Waals surface area contributed by atoms with Crippen molar-refractivity contribution in [3.05, 3.63) is 133 Å². The molecule has 0 spiro atoms. The number of esters is 4. The van der Waals surface area contributed by atoms with E-state index in [1.54, 1.807) is 52.0 Å². The molecule has 3 aromatic carbocycles. The average molecular weight is 791 g/mol. The quantitative estimate of drug-likeness (QED) is 0.0892. The number of rotatable bonds is 16. The molecule has 0 bridgehead atoms. The van der Waals surface area contributed by atoms with E-state index in [4.69, 9.17) is 28.4 Å². The summed E-state index contributed by atoms with van der Waals surface area (Å²) < 4.78 is 30.5. The lowest BCUT2D eigenvalue weighted by molar-refractivity contribution is -0.150. The molecule has 2 amide bonds. The molecule has 0 saturated heterocycles. The first-order chi connectivity index (χ1) is 26.9. The predicted octanol–water partition coefficient (Wildman–Crippen LogP) is 6.69. The minimum absolute atomic E-state index is 0.146. The van der Waals surface area contributed by atoms with Gasteiger partial charge in [-0.3, -0.25) is 9.59 Å². The molecule has 0 fully saturated rings. The number of carbonyl (C=O) groups is 6. The van der Waals surface area contributed by atoms with Crippen molar-refractivity contribution in [2.75, 3.05) is 26.4 Å². The van der Waals surface area contributed by atoms with Crippen LogP contribution in [0.5, 0.6) is 0 Å². The molecule has 0 radical (unpaired) electrons. The molecular formula is C43H54N2O12. The molecular weight excluding hydrogens is 736 g/mol. The molecule has 2 N–H and O–H groups in total. The first kappa shape index (κ1) is 48.6. The van der Waals surface area contributed by atoms with Crippen LogP contribution >= 0.6 is 0 Å². The highest BCUT2D eigenvalue weighted by Crippen LogP contribution is 2.27. The maximum atomic E-state index is 12.8. The van der Waals surface area contributed by atoms with Gasteiger partial charge in [0, 0.05) is 25.5 Å². The Morgan fingerprint density at radius 3 is 1.23 bits per heavy atom. The van der Waals surface area contributed by atoms with Gasteiger partial charge in [0.15, 0.2) is 12.2 Å². The van der Waals surface area contributed by atoms with Gasteiger partial charge in [0.05, 0.1) is 11.1 Å². The lowest BCUT2D eigenvalue weighted by Gasteiger charge is -2.31. The number of benzene rings is 3. The smallest absolute Gasteiger partial charge is 0.408 e. The van der Waals surface area contributed by atoms with Gasteiger partial charge in [-0.05, 0) is 45.7 Å². The van der Waals surface area contributed by atoms with Gasteiger partial charge in [0.25, 0.3) is 0 Å². The normalized spacial score (nSPS) is 11.4. The Bertz CT molecular complexity index is 1660. The fourth-order valence-electron chi connectivity index (χ4n) is 4.26. The van der Waals surface area contributed by atoms with Crippen molar-refractivity contribution in [3.8, 4) is 0 Å². The Hall–Kier alpha value is -6.44. The Kier molecular flexibility index (Phi) is 21.8. The molecule has 57 heavy (non-hydrogen) atoms. The zero-order chi connectivity index (χ0) is 42.9. The number of ether oxygens (including phenoxy) is 6. The summed E-state index contributed by atoms with van der Waals surface area (Å²) in [6.45, 7) is 16.1. The molecule has 14 nitrogen and oxygen atoms in total. The zero-order valence-corrected chi connectivity index (χ0v) is 33.6. The number of hydrogen-bond acceptors (Lipinski definition) is 12. The summed E-state index contributed by atoms with van der Waals surface area (Å²) >= 11 is 0. The SMILES string of the molecule is C=CC(=O)OCC(COC(C)=O)OC(=O)NC(C)(C)c1cccc(C(C)(C)NC(=O)OC(COC(C)=O)COC(=O)C(=C)C)c1.c1ccccc1.c1ccccc1. The van der Waals surface area contributed by atoms with Crippen molar-refractivity contribution in [2.24, 2.45) is 0 Å². The Balaban J connectivity index is 0.00000114. The molecule has 0 saturated carbocycles. The standard InChI is InChI=1S/C31H42N2O12.2C6H6/c1-10-26(36)42-17-24(15-40-20(4)34)44-28(38)32-30(6,7)22-12-11-13-23(14-22)31(8,9)33-29(39)45-25(16-41-21(5)35)18-43-27(37)19(2)3;2*1-2-4-6-5-3-1/h10-14,24-25H,1-2,15-18H2,3-9H3,(H,32,38)(H,33,39);2*1-6H. The molecule has 3 aromatic rings. The van der Waals surface area contributed by atoms with Crippen molar-refractivity contribution in [3.63, 3.8) is 0 Å². The van der Waals surface area contributed by atoms with E-state index in [0.717, 1.165) is 6.08 Å². The largest absolute Gasteiger partial charge is 0.462 e. The minimum Gasteiger partial charge on any atom is -0.462 e. The minimum atomic E-state index is -1.08. The highest BCUT2D eigenvalue weighted by Gasteiger charge is 2.30. The first-order valence-electron chi connectivity index (χ1n) is 17.8. The van der Waals surface area contributed by atoms with Gasteiger partial charge in [-0.1, -0.05) is 110 Å². The fourth-order valence-corrected chi connectivity index (χ4v) is 4.26. The number of nitrogens with one attached hydrogen (secondary N) is 2. The van der Waals surface area contributed by atoms with Crippen LogP contribution in [0.1, 0.15) is 59.6 Å². The van der Waals surface area contributed by atoms with E-state index in [2.05, 4.69) is 23.8 Å². The monoisotopic (exact) mass is 790 g/mol. The molecule has 3 rings (SSSR count). The summed E-state index contributed by atoms with van der Waals surface area (Å²) in [7, 11) is 0. The van der Waals surface area contributed by atoms with E-state index >= 15 is 0 Å². The van der Waals surface area contributed by atoms with Crippen molar-refractivity contribution in [2.45, 2.75) is 71.8 Å². The van der Waals surface area contributed by atoms with Gasteiger partial charge in [0.2, 0.25) is 0 Å². The van der Waals surface area contributed by atoms with Crippen LogP contribution in [0.2, 0.25) is 0 Å². The van der Waals surface area contributed by atoms with Crippen LogP contribution in [-0.4, -0.2) is 74.7 Å². The van der Waals surface area contributed by atoms with E-state index in [-0.39, 0.29) is 32.0 Å². The van der Waals surface area contributed by atoms with E-state index in [1.165, 1.54) is 20.8 Å². The summed E-state index contributed by atoms with van der Waals surface area (Å²) in [5, 5.41) is 5.46. The van der Waals surface area contributed by atoms with Crippen LogP contribution in [0.25, 0.3) is 0 Å². The third-order valence-electron chi connectivity index (χ3n) is 7.29. The van der Waals surface area contributed by atoms with Crippen LogP contribution in [0.15, 0.2) is 122 Å².